The summed E-state index contributed by atoms with van der Waals surface area (Å²) in [7, 11) is 0. The molecule has 102 valence electrons. The van der Waals surface area contributed by atoms with Crippen molar-refractivity contribution in [2.45, 2.75) is 58.0 Å². The average Bonchev–Trinajstić information content (AvgIpc) is 2.94. The van der Waals surface area contributed by atoms with Crippen LogP contribution in [-0.4, -0.2) is 22.7 Å². The van der Waals surface area contributed by atoms with Gasteiger partial charge < -0.3 is 10.4 Å². The van der Waals surface area contributed by atoms with Gasteiger partial charge in [0.15, 0.2) is 0 Å². The molecule has 2 unspecified atom stereocenters. The fourth-order valence-electron chi connectivity index (χ4n) is 2.49. The molecule has 2 rings (SSSR count). The van der Waals surface area contributed by atoms with Gasteiger partial charge in [-0.05, 0) is 18.8 Å². The normalized spacial score (nSPS) is 24.7. The molecular formula is C14H24N2OS. The van der Waals surface area contributed by atoms with Crippen LogP contribution in [0.4, 0.5) is 0 Å². The maximum atomic E-state index is 9.29. The molecule has 1 aliphatic rings. The third-order valence-electron chi connectivity index (χ3n) is 3.63. The quantitative estimate of drug-likeness (QED) is 0.882. The van der Waals surface area contributed by atoms with Crippen LogP contribution in [0.3, 0.4) is 0 Å². The predicted octanol–water partition coefficient (Wildman–Crippen LogP) is 2.69. The lowest BCUT2D eigenvalue weighted by molar-refractivity contribution is 0.205. The lowest BCUT2D eigenvalue weighted by Crippen LogP contribution is -2.33. The van der Waals surface area contributed by atoms with Crippen LogP contribution in [0, 0.1) is 5.92 Å². The van der Waals surface area contributed by atoms with E-state index in [1.807, 2.05) is 0 Å². The van der Waals surface area contributed by atoms with E-state index in [0.717, 1.165) is 18.7 Å². The maximum Gasteiger partial charge on any atom is 0.0982 e. The van der Waals surface area contributed by atoms with Crippen LogP contribution in [0.5, 0.6) is 0 Å². The summed E-state index contributed by atoms with van der Waals surface area (Å²) in [6.07, 6.45) is 3.56. The van der Waals surface area contributed by atoms with E-state index in [0.29, 0.717) is 18.6 Å². The van der Waals surface area contributed by atoms with Crippen LogP contribution in [0.15, 0.2) is 5.38 Å². The molecule has 0 saturated heterocycles. The first kappa shape index (κ1) is 14.0. The number of aliphatic hydroxyl groups is 1. The summed E-state index contributed by atoms with van der Waals surface area (Å²) in [4.78, 5) is 4.69. The molecule has 0 bridgehead atoms. The number of aliphatic hydroxyl groups excluding tert-OH is 1. The number of hydrogen-bond donors (Lipinski definition) is 2. The number of nitrogens with one attached hydrogen (secondary N) is 1. The summed E-state index contributed by atoms with van der Waals surface area (Å²) in [5.74, 6) is 0.436. The molecule has 1 aliphatic carbocycles. The van der Waals surface area contributed by atoms with Gasteiger partial charge in [-0.1, -0.05) is 27.2 Å². The first-order chi connectivity index (χ1) is 8.50. The van der Waals surface area contributed by atoms with E-state index < -0.39 is 0 Å². The Bertz CT molecular complexity index is 383. The number of rotatable bonds is 4. The Morgan fingerprint density at radius 3 is 2.83 bits per heavy atom. The lowest BCUT2D eigenvalue weighted by Gasteiger charge is -2.18. The monoisotopic (exact) mass is 268 g/mol. The van der Waals surface area contributed by atoms with Crippen LogP contribution in [0.25, 0.3) is 0 Å². The molecule has 0 spiro atoms. The Morgan fingerprint density at radius 2 is 2.22 bits per heavy atom. The molecule has 0 aliphatic heterocycles. The molecule has 0 amide bonds. The molecule has 2 N–H and O–H groups in total. The summed E-state index contributed by atoms with van der Waals surface area (Å²) < 4.78 is 0. The lowest BCUT2D eigenvalue weighted by atomic mass is 9.98. The zero-order valence-electron chi connectivity index (χ0n) is 11.6. The highest BCUT2D eigenvalue weighted by Gasteiger charge is 2.26. The van der Waals surface area contributed by atoms with Crippen LogP contribution in [0.1, 0.15) is 50.7 Å². The Labute approximate surface area is 114 Å². The van der Waals surface area contributed by atoms with Gasteiger partial charge in [0.25, 0.3) is 0 Å². The van der Waals surface area contributed by atoms with Crippen molar-refractivity contribution in [2.75, 3.05) is 6.61 Å². The highest BCUT2D eigenvalue weighted by atomic mass is 32.1. The Kier molecular flexibility index (Phi) is 4.41. The molecule has 3 nitrogen and oxygen atoms in total. The zero-order valence-corrected chi connectivity index (χ0v) is 12.4. The van der Waals surface area contributed by atoms with Crippen molar-refractivity contribution in [3.63, 3.8) is 0 Å². The summed E-state index contributed by atoms with van der Waals surface area (Å²) in [6, 6.07) is 0.467. The molecule has 0 radical (unpaired) electrons. The second-order valence-corrected chi connectivity index (χ2v) is 7.11. The third-order valence-corrected chi connectivity index (χ3v) is 4.95. The minimum absolute atomic E-state index is 0.143. The van der Waals surface area contributed by atoms with Gasteiger partial charge in [-0.2, -0.15) is 0 Å². The van der Waals surface area contributed by atoms with Gasteiger partial charge in [0.05, 0.1) is 10.7 Å². The molecule has 18 heavy (non-hydrogen) atoms. The standard InChI is InChI=1S/C14H24N2OS/c1-14(2,3)13-16-11(9-18-13)7-15-12-6-4-5-10(12)8-17/h9-10,12,15,17H,4-8H2,1-3H3. The van der Waals surface area contributed by atoms with Gasteiger partial charge in [0, 0.05) is 30.0 Å². The van der Waals surface area contributed by atoms with E-state index in [1.165, 1.54) is 17.8 Å². The van der Waals surface area contributed by atoms with Gasteiger partial charge in [0.1, 0.15) is 0 Å². The van der Waals surface area contributed by atoms with Crippen LogP contribution in [-0.2, 0) is 12.0 Å². The highest BCUT2D eigenvalue weighted by molar-refractivity contribution is 7.09. The second-order valence-electron chi connectivity index (χ2n) is 6.25. The van der Waals surface area contributed by atoms with E-state index in [-0.39, 0.29) is 5.41 Å². The molecule has 1 fully saturated rings. The Hall–Kier alpha value is -0.450. The number of thiazole rings is 1. The topological polar surface area (TPSA) is 45.2 Å². The predicted molar refractivity (Wildman–Crippen MR) is 75.9 cm³/mol. The van der Waals surface area contributed by atoms with Crippen molar-refractivity contribution >= 4 is 11.3 Å². The molecule has 0 aromatic carbocycles. The number of nitrogens with zero attached hydrogens (tertiary/aromatic N) is 1. The molecule has 2 atom stereocenters. The van der Waals surface area contributed by atoms with E-state index in [1.54, 1.807) is 11.3 Å². The first-order valence-corrected chi connectivity index (χ1v) is 7.68. The number of hydrogen-bond acceptors (Lipinski definition) is 4. The van der Waals surface area contributed by atoms with Gasteiger partial charge in [-0.3, -0.25) is 0 Å². The fraction of sp³-hybridized carbons (Fsp3) is 0.786. The van der Waals surface area contributed by atoms with Crippen molar-refractivity contribution in [3.05, 3.63) is 16.1 Å². The van der Waals surface area contributed by atoms with E-state index in [2.05, 4.69) is 36.5 Å². The van der Waals surface area contributed by atoms with Crippen molar-refractivity contribution in [2.24, 2.45) is 5.92 Å². The Morgan fingerprint density at radius 1 is 1.44 bits per heavy atom. The van der Waals surface area contributed by atoms with Gasteiger partial charge >= 0.3 is 0 Å². The van der Waals surface area contributed by atoms with Crippen molar-refractivity contribution in [1.82, 2.24) is 10.3 Å². The fourth-order valence-corrected chi connectivity index (χ4v) is 3.40. The first-order valence-electron chi connectivity index (χ1n) is 6.80. The molecular weight excluding hydrogens is 244 g/mol. The van der Waals surface area contributed by atoms with Crippen molar-refractivity contribution < 1.29 is 5.11 Å². The minimum Gasteiger partial charge on any atom is -0.396 e. The molecule has 1 heterocycles. The molecule has 1 aromatic heterocycles. The van der Waals surface area contributed by atoms with Crippen molar-refractivity contribution in [1.29, 1.82) is 0 Å². The van der Waals surface area contributed by atoms with Gasteiger partial charge in [0.2, 0.25) is 0 Å². The largest absolute Gasteiger partial charge is 0.396 e. The van der Waals surface area contributed by atoms with Crippen molar-refractivity contribution in [3.8, 4) is 0 Å². The molecule has 1 saturated carbocycles. The number of aromatic nitrogens is 1. The van der Waals surface area contributed by atoms with Crippen LogP contribution in [0.2, 0.25) is 0 Å². The van der Waals surface area contributed by atoms with E-state index >= 15 is 0 Å². The summed E-state index contributed by atoms with van der Waals surface area (Å²) >= 11 is 1.75. The van der Waals surface area contributed by atoms with Crippen LogP contribution >= 0.6 is 11.3 Å². The maximum absolute atomic E-state index is 9.29. The zero-order chi connectivity index (χ0) is 13.2. The minimum atomic E-state index is 0.143. The van der Waals surface area contributed by atoms with Gasteiger partial charge in [-0.15, -0.1) is 11.3 Å². The average molecular weight is 268 g/mol. The van der Waals surface area contributed by atoms with E-state index in [4.69, 9.17) is 0 Å². The SMILES string of the molecule is CC(C)(C)c1nc(CNC2CCCC2CO)cs1. The molecule has 1 aromatic rings. The van der Waals surface area contributed by atoms with Crippen LogP contribution < -0.4 is 5.32 Å². The summed E-state index contributed by atoms with van der Waals surface area (Å²) in [5, 5.41) is 16.2. The summed E-state index contributed by atoms with van der Waals surface area (Å²) in [5.41, 5.74) is 1.28. The highest BCUT2D eigenvalue weighted by Crippen LogP contribution is 2.27. The third kappa shape index (κ3) is 3.31. The molecule has 4 heteroatoms. The smallest absolute Gasteiger partial charge is 0.0982 e. The second kappa shape index (κ2) is 5.68. The summed E-state index contributed by atoms with van der Waals surface area (Å²) in [6.45, 7) is 7.72. The van der Waals surface area contributed by atoms with E-state index in [9.17, 15) is 5.11 Å². The Balaban J connectivity index is 1.89. The van der Waals surface area contributed by atoms with Gasteiger partial charge in [-0.25, -0.2) is 4.98 Å².